The molecule has 0 aliphatic carbocycles. The number of nitrogens with zero attached hydrogens (tertiary/aromatic N) is 3. The number of imidazole rings is 1. The van der Waals surface area contributed by atoms with E-state index in [2.05, 4.69) is 5.32 Å². The highest BCUT2D eigenvalue weighted by Crippen LogP contribution is 2.24. The summed E-state index contributed by atoms with van der Waals surface area (Å²) < 4.78 is 3.16. The number of para-hydroxylation sites is 3. The second-order valence-electron chi connectivity index (χ2n) is 7.84. The molecule has 0 radical (unpaired) electrons. The minimum Gasteiger partial charge on any atom is -0.368 e. The van der Waals surface area contributed by atoms with Crippen LogP contribution in [0.3, 0.4) is 0 Å². The number of likely N-dealkylation sites (tertiary alicyclic amines) is 1. The second-order valence-corrected chi connectivity index (χ2v) is 7.84. The van der Waals surface area contributed by atoms with E-state index in [1.165, 1.54) is 4.57 Å². The Balaban J connectivity index is 1.54. The molecule has 1 aliphatic heterocycles. The Morgan fingerprint density at radius 1 is 1.06 bits per heavy atom. The standard InChI is InChI=1S/C23H27N5O3/c1-2-27-18-10-5-6-11-19(18)28(23(27)31)15-21(29)25-17-9-4-3-8-16(17)14-26-13-7-12-20(26)22(24)30/h3-6,8-11,20H,2,7,12-15H2,1H3,(H2,24,30)(H,25,29). The Morgan fingerprint density at radius 2 is 1.74 bits per heavy atom. The fourth-order valence-electron chi connectivity index (χ4n) is 4.40. The molecule has 2 heterocycles. The first-order chi connectivity index (χ1) is 15.0. The van der Waals surface area contributed by atoms with Gasteiger partial charge in [0.05, 0.1) is 17.1 Å². The van der Waals surface area contributed by atoms with Crippen LogP contribution in [0.15, 0.2) is 53.3 Å². The number of anilines is 1. The summed E-state index contributed by atoms with van der Waals surface area (Å²) in [6.07, 6.45) is 1.68. The summed E-state index contributed by atoms with van der Waals surface area (Å²) in [5.74, 6) is -0.591. The maximum Gasteiger partial charge on any atom is 0.329 e. The van der Waals surface area contributed by atoms with E-state index in [4.69, 9.17) is 5.73 Å². The molecule has 1 fully saturated rings. The number of nitrogens with one attached hydrogen (secondary N) is 1. The van der Waals surface area contributed by atoms with Gasteiger partial charge in [0.1, 0.15) is 6.54 Å². The number of carbonyl (C=O) groups excluding carboxylic acids is 2. The van der Waals surface area contributed by atoms with Crippen LogP contribution >= 0.6 is 0 Å². The summed E-state index contributed by atoms with van der Waals surface area (Å²) in [6.45, 7) is 3.69. The van der Waals surface area contributed by atoms with E-state index in [9.17, 15) is 14.4 Å². The van der Waals surface area contributed by atoms with Gasteiger partial charge in [-0.2, -0.15) is 0 Å². The molecule has 1 aliphatic rings. The first-order valence-electron chi connectivity index (χ1n) is 10.6. The van der Waals surface area contributed by atoms with Crippen LogP contribution in [-0.2, 0) is 29.2 Å². The Kier molecular flexibility index (Phi) is 5.90. The predicted octanol–water partition coefficient (Wildman–Crippen LogP) is 1.91. The second kappa shape index (κ2) is 8.77. The van der Waals surface area contributed by atoms with E-state index in [-0.39, 0.29) is 30.1 Å². The van der Waals surface area contributed by atoms with E-state index in [0.717, 1.165) is 36.0 Å². The highest BCUT2D eigenvalue weighted by molar-refractivity contribution is 5.92. The van der Waals surface area contributed by atoms with Crippen molar-refractivity contribution in [1.29, 1.82) is 0 Å². The van der Waals surface area contributed by atoms with Gasteiger partial charge < -0.3 is 11.1 Å². The van der Waals surface area contributed by atoms with Crippen molar-refractivity contribution in [1.82, 2.24) is 14.0 Å². The van der Waals surface area contributed by atoms with Gasteiger partial charge in [-0.3, -0.25) is 23.6 Å². The van der Waals surface area contributed by atoms with Crippen LogP contribution in [0.2, 0.25) is 0 Å². The Bertz CT molecular complexity index is 1180. The van der Waals surface area contributed by atoms with Crippen molar-refractivity contribution < 1.29 is 9.59 Å². The zero-order valence-corrected chi connectivity index (χ0v) is 17.6. The molecule has 1 atom stereocenters. The quantitative estimate of drug-likeness (QED) is 0.608. The fraction of sp³-hybridized carbons (Fsp3) is 0.348. The van der Waals surface area contributed by atoms with Crippen molar-refractivity contribution in [3.63, 3.8) is 0 Å². The molecule has 2 amide bonds. The highest BCUT2D eigenvalue weighted by atomic mass is 16.2. The molecular formula is C23H27N5O3. The molecule has 8 heteroatoms. The van der Waals surface area contributed by atoms with Gasteiger partial charge in [0.2, 0.25) is 11.8 Å². The average Bonchev–Trinajstić information content (AvgIpc) is 3.32. The molecule has 1 saturated heterocycles. The minimum atomic E-state index is -0.314. The molecule has 2 aromatic carbocycles. The molecule has 0 saturated carbocycles. The van der Waals surface area contributed by atoms with E-state index >= 15 is 0 Å². The van der Waals surface area contributed by atoms with Crippen molar-refractivity contribution in [3.8, 4) is 0 Å². The lowest BCUT2D eigenvalue weighted by Crippen LogP contribution is -2.39. The van der Waals surface area contributed by atoms with Crippen LogP contribution in [-0.4, -0.2) is 38.4 Å². The van der Waals surface area contributed by atoms with Crippen LogP contribution in [0, 0.1) is 0 Å². The first kappa shape index (κ1) is 20.9. The first-order valence-corrected chi connectivity index (χ1v) is 10.6. The maximum atomic E-state index is 12.9. The summed E-state index contributed by atoms with van der Waals surface area (Å²) in [5, 5.41) is 2.95. The molecule has 8 nitrogen and oxygen atoms in total. The lowest BCUT2D eigenvalue weighted by atomic mass is 10.1. The van der Waals surface area contributed by atoms with Gasteiger partial charge in [0.15, 0.2) is 0 Å². The number of fused-ring (bicyclic) bond motifs is 1. The zero-order chi connectivity index (χ0) is 22.0. The van der Waals surface area contributed by atoms with Crippen molar-refractivity contribution >= 4 is 28.5 Å². The van der Waals surface area contributed by atoms with E-state index in [1.54, 1.807) is 4.57 Å². The largest absolute Gasteiger partial charge is 0.368 e. The van der Waals surface area contributed by atoms with Crippen LogP contribution in [0.4, 0.5) is 5.69 Å². The molecule has 4 rings (SSSR count). The maximum absolute atomic E-state index is 12.9. The zero-order valence-electron chi connectivity index (χ0n) is 17.6. The number of hydrogen-bond donors (Lipinski definition) is 2. The third-order valence-electron chi connectivity index (χ3n) is 5.90. The molecule has 0 bridgehead atoms. The van der Waals surface area contributed by atoms with Gasteiger partial charge in [-0.1, -0.05) is 30.3 Å². The van der Waals surface area contributed by atoms with E-state index in [0.29, 0.717) is 18.8 Å². The molecule has 1 unspecified atom stereocenters. The monoisotopic (exact) mass is 421 g/mol. The Labute approximate surface area is 180 Å². The smallest absolute Gasteiger partial charge is 0.329 e. The summed E-state index contributed by atoms with van der Waals surface area (Å²) in [6, 6.07) is 14.7. The molecule has 0 spiro atoms. The SMILES string of the molecule is CCn1c(=O)n(CC(=O)Nc2ccccc2CN2CCCC2C(N)=O)c2ccccc21. The van der Waals surface area contributed by atoms with Crippen LogP contribution < -0.4 is 16.7 Å². The molecule has 31 heavy (non-hydrogen) atoms. The lowest BCUT2D eigenvalue weighted by Gasteiger charge is -2.23. The Hall–Kier alpha value is -3.39. The topological polar surface area (TPSA) is 102 Å². The minimum absolute atomic E-state index is 0.0751. The summed E-state index contributed by atoms with van der Waals surface area (Å²) in [7, 11) is 0. The van der Waals surface area contributed by atoms with Crippen molar-refractivity contribution in [3.05, 3.63) is 64.6 Å². The van der Waals surface area contributed by atoms with Gasteiger partial charge in [0, 0.05) is 18.8 Å². The number of hydrogen-bond acceptors (Lipinski definition) is 4. The normalized spacial score (nSPS) is 16.6. The van der Waals surface area contributed by atoms with Crippen LogP contribution in [0.5, 0.6) is 0 Å². The number of amides is 2. The van der Waals surface area contributed by atoms with Gasteiger partial charge in [0.25, 0.3) is 0 Å². The third kappa shape index (κ3) is 4.11. The van der Waals surface area contributed by atoms with E-state index in [1.807, 2.05) is 60.4 Å². The number of aryl methyl sites for hydroxylation is 1. The van der Waals surface area contributed by atoms with Crippen LogP contribution in [0.25, 0.3) is 11.0 Å². The fourth-order valence-corrected chi connectivity index (χ4v) is 4.40. The number of rotatable bonds is 7. The molecule has 1 aromatic heterocycles. The van der Waals surface area contributed by atoms with Gasteiger partial charge in [-0.25, -0.2) is 4.79 Å². The third-order valence-corrected chi connectivity index (χ3v) is 5.90. The molecular weight excluding hydrogens is 394 g/mol. The number of primary amides is 1. The molecule has 3 aromatic rings. The molecule has 3 N–H and O–H groups in total. The van der Waals surface area contributed by atoms with E-state index < -0.39 is 0 Å². The predicted molar refractivity (Wildman–Crippen MR) is 120 cm³/mol. The summed E-state index contributed by atoms with van der Waals surface area (Å²) in [4.78, 5) is 39.4. The molecule has 162 valence electrons. The number of aromatic nitrogens is 2. The number of carbonyl (C=O) groups is 2. The van der Waals surface area contributed by atoms with Crippen molar-refractivity contribution in [2.24, 2.45) is 5.73 Å². The summed E-state index contributed by atoms with van der Waals surface area (Å²) in [5.41, 5.74) is 8.47. The average molecular weight is 422 g/mol. The number of benzene rings is 2. The summed E-state index contributed by atoms with van der Waals surface area (Å²) >= 11 is 0. The van der Waals surface area contributed by atoms with Gasteiger partial charge in [-0.15, -0.1) is 0 Å². The number of nitrogens with two attached hydrogens (primary N) is 1. The van der Waals surface area contributed by atoms with Crippen molar-refractivity contribution in [2.45, 2.75) is 45.4 Å². The van der Waals surface area contributed by atoms with Crippen LogP contribution in [0.1, 0.15) is 25.3 Å². The highest BCUT2D eigenvalue weighted by Gasteiger charge is 2.29. The Morgan fingerprint density at radius 3 is 2.45 bits per heavy atom. The lowest BCUT2D eigenvalue weighted by molar-refractivity contribution is -0.122. The van der Waals surface area contributed by atoms with Crippen molar-refractivity contribution in [2.75, 3.05) is 11.9 Å². The van der Waals surface area contributed by atoms with Gasteiger partial charge in [-0.05, 0) is 50.1 Å². The van der Waals surface area contributed by atoms with Gasteiger partial charge >= 0.3 is 5.69 Å².